The van der Waals surface area contributed by atoms with Gasteiger partial charge in [-0.25, -0.2) is 4.98 Å². The van der Waals surface area contributed by atoms with E-state index in [-0.39, 0.29) is 0 Å². The summed E-state index contributed by atoms with van der Waals surface area (Å²) in [5.41, 5.74) is 2.32. The highest BCUT2D eigenvalue weighted by Crippen LogP contribution is 2.21. The molecule has 0 radical (unpaired) electrons. The molecular weight excluding hydrogens is 346 g/mol. The van der Waals surface area contributed by atoms with Crippen molar-refractivity contribution in [2.45, 2.75) is 6.42 Å². The Hall–Kier alpha value is -2.30. The van der Waals surface area contributed by atoms with Gasteiger partial charge in [-0.2, -0.15) is 0 Å². The molecule has 0 spiro atoms. The Morgan fingerprint density at radius 2 is 1.65 bits per heavy atom. The number of nitrogens with zero attached hydrogens (tertiary/aromatic N) is 3. The van der Waals surface area contributed by atoms with Crippen LogP contribution in [0.25, 0.3) is 11.3 Å². The number of aromatic nitrogens is 1. The summed E-state index contributed by atoms with van der Waals surface area (Å²) in [6.07, 6.45) is 2.66. The summed E-state index contributed by atoms with van der Waals surface area (Å²) in [6.45, 7) is 5.14. The molecular formula is C21H22ClN3O. The van der Waals surface area contributed by atoms with E-state index in [1.54, 1.807) is 0 Å². The first kappa shape index (κ1) is 17.1. The van der Waals surface area contributed by atoms with E-state index in [4.69, 9.17) is 16.0 Å². The zero-order chi connectivity index (χ0) is 17.8. The van der Waals surface area contributed by atoms with Crippen molar-refractivity contribution in [2.75, 3.05) is 37.6 Å². The minimum absolute atomic E-state index is 0.785. The minimum Gasteiger partial charge on any atom is -0.441 e. The first-order chi connectivity index (χ1) is 12.8. The summed E-state index contributed by atoms with van der Waals surface area (Å²) < 4.78 is 5.90. The SMILES string of the molecule is Clc1ccc(N2CCN(CCc3ncc(-c4ccccc4)o3)CC2)cc1. The van der Waals surface area contributed by atoms with Crippen LogP contribution < -0.4 is 4.90 Å². The van der Waals surface area contributed by atoms with E-state index in [9.17, 15) is 0 Å². The number of hydrogen-bond acceptors (Lipinski definition) is 4. The highest BCUT2D eigenvalue weighted by Gasteiger charge is 2.17. The molecule has 2 heterocycles. The molecule has 0 saturated carbocycles. The predicted octanol–water partition coefficient (Wildman–Crippen LogP) is 4.36. The summed E-state index contributed by atoms with van der Waals surface area (Å²) in [7, 11) is 0. The third-order valence-electron chi connectivity index (χ3n) is 4.82. The van der Waals surface area contributed by atoms with Gasteiger partial charge in [0, 0.05) is 55.4 Å². The number of piperazine rings is 1. The Balaban J connectivity index is 1.27. The Kier molecular flexibility index (Phi) is 5.23. The summed E-state index contributed by atoms with van der Waals surface area (Å²) >= 11 is 5.97. The van der Waals surface area contributed by atoms with Crippen LogP contribution in [0, 0.1) is 0 Å². The lowest BCUT2D eigenvalue weighted by Crippen LogP contribution is -2.47. The average molecular weight is 368 g/mol. The highest BCUT2D eigenvalue weighted by atomic mass is 35.5. The fourth-order valence-corrected chi connectivity index (χ4v) is 3.42. The smallest absolute Gasteiger partial charge is 0.196 e. The molecule has 1 fully saturated rings. The molecule has 0 bridgehead atoms. The number of halogens is 1. The van der Waals surface area contributed by atoms with Gasteiger partial charge in [-0.05, 0) is 24.3 Å². The summed E-state index contributed by atoms with van der Waals surface area (Å²) in [6, 6.07) is 18.2. The van der Waals surface area contributed by atoms with E-state index in [0.717, 1.165) is 61.4 Å². The maximum Gasteiger partial charge on any atom is 0.196 e. The van der Waals surface area contributed by atoms with Gasteiger partial charge in [-0.1, -0.05) is 41.9 Å². The molecule has 0 atom stereocenters. The van der Waals surface area contributed by atoms with E-state index in [2.05, 4.69) is 26.9 Å². The van der Waals surface area contributed by atoms with Crippen LogP contribution in [0.5, 0.6) is 0 Å². The zero-order valence-electron chi connectivity index (χ0n) is 14.6. The molecule has 134 valence electrons. The van der Waals surface area contributed by atoms with Gasteiger partial charge in [-0.3, -0.25) is 4.90 Å². The Morgan fingerprint density at radius 1 is 0.923 bits per heavy atom. The molecule has 1 saturated heterocycles. The molecule has 4 nitrogen and oxygen atoms in total. The first-order valence-corrected chi connectivity index (χ1v) is 9.39. The molecule has 1 aliphatic heterocycles. The third kappa shape index (κ3) is 4.09. The van der Waals surface area contributed by atoms with Gasteiger partial charge in [0.05, 0.1) is 6.20 Å². The maximum absolute atomic E-state index is 5.97. The van der Waals surface area contributed by atoms with Crippen LogP contribution >= 0.6 is 11.6 Å². The summed E-state index contributed by atoms with van der Waals surface area (Å²) in [4.78, 5) is 9.31. The Bertz CT molecular complexity index is 824. The lowest BCUT2D eigenvalue weighted by atomic mass is 10.2. The molecule has 2 aromatic carbocycles. The molecule has 0 amide bonds. The normalized spacial score (nSPS) is 15.3. The summed E-state index contributed by atoms with van der Waals surface area (Å²) in [5, 5.41) is 0.785. The van der Waals surface area contributed by atoms with Crippen molar-refractivity contribution < 1.29 is 4.42 Å². The minimum atomic E-state index is 0.785. The van der Waals surface area contributed by atoms with Crippen LogP contribution in [-0.2, 0) is 6.42 Å². The fourth-order valence-electron chi connectivity index (χ4n) is 3.30. The van der Waals surface area contributed by atoms with Crippen molar-refractivity contribution >= 4 is 17.3 Å². The molecule has 0 aliphatic carbocycles. The second-order valence-corrected chi connectivity index (χ2v) is 6.98. The van der Waals surface area contributed by atoms with Gasteiger partial charge in [-0.15, -0.1) is 0 Å². The number of benzene rings is 2. The molecule has 0 unspecified atom stereocenters. The van der Waals surface area contributed by atoms with Crippen LogP contribution in [0.1, 0.15) is 5.89 Å². The van der Waals surface area contributed by atoms with E-state index in [0.29, 0.717) is 0 Å². The predicted molar refractivity (Wildman–Crippen MR) is 106 cm³/mol. The quantitative estimate of drug-likeness (QED) is 0.670. The standard InChI is InChI=1S/C21H22ClN3O/c22-18-6-8-19(9-7-18)25-14-12-24(13-15-25)11-10-21-23-16-20(26-21)17-4-2-1-3-5-17/h1-9,16H,10-15H2. The van der Waals surface area contributed by atoms with Gasteiger partial charge in [0.2, 0.25) is 0 Å². The maximum atomic E-state index is 5.97. The van der Waals surface area contributed by atoms with Crippen molar-refractivity contribution in [1.82, 2.24) is 9.88 Å². The number of rotatable bonds is 5. The second kappa shape index (κ2) is 7.94. The van der Waals surface area contributed by atoms with Gasteiger partial charge >= 0.3 is 0 Å². The van der Waals surface area contributed by atoms with Gasteiger partial charge in [0.15, 0.2) is 11.7 Å². The lowest BCUT2D eigenvalue weighted by molar-refractivity contribution is 0.254. The molecule has 0 N–H and O–H groups in total. The van der Waals surface area contributed by atoms with Gasteiger partial charge in [0.25, 0.3) is 0 Å². The number of anilines is 1. The van der Waals surface area contributed by atoms with Crippen molar-refractivity contribution in [1.29, 1.82) is 0 Å². The Labute approximate surface area is 159 Å². The van der Waals surface area contributed by atoms with Crippen LogP contribution in [0.4, 0.5) is 5.69 Å². The molecule has 4 rings (SSSR count). The van der Waals surface area contributed by atoms with Gasteiger partial charge in [0.1, 0.15) is 0 Å². The number of hydrogen-bond donors (Lipinski definition) is 0. The van der Waals surface area contributed by atoms with Crippen molar-refractivity contribution in [2.24, 2.45) is 0 Å². The van der Waals surface area contributed by atoms with Crippen LogP contribution in [0.15, 0.2) is 65.2 Å². The topological polar surface area (TPSA) is 32.5 Å². The number of oxazole rings is 1. The van der Waals surface area contributed by atoms with E-state index in [1.807, 2.05) is 48.7 Å². The molecule has 3 aromatic rings. The third-order valence-corrected chi connectivity index (χ3v) is 5.07. The highest BCUT2D eigenvalue weighted by molar-refractivity contribution is 6.30. The molecule has 26 heavy (non-hydrogen) atoms. The molecule has 1 aromatic heterocycles. The zero-order valence-corrected chi connectivity index (χ0v) is 15.4. The monoisotopic (exact) mass is 367 g/mol. The van der Waals surface area contributed by atoms with Crippen molar-refractivity contribution in [3.63, 3.8) is 0 Å². The fraction of sp³-hybridized carbons (Fsp3) is 0.286. The van der Waals surface area contributed by atoms with Crippen LogP contribution in [-0.4, -0.2) is 42.6 Å². The van der Waals surface area contributed by atoms with Crippen LogP contribution in [0.2, 0.25) is 5.02 Å². The van der Waals surface area contributed by atoms with Gasteiger partial charge < -0.3 is 9.32 Å². The van der Waals surface area contributed by atoms with E-state index < -0.39 is 0 Å². The van der Waals surface area contributed by atoms with E-state index in [1.165, 1.54) is 5.69 Å². The Morgan fingerprint density at radius 3 is 2.38 bits per heavy atom. The van der Waals surface area contributed by atoms with E-state index >= 15 is 0 Å². The van der Waals surface area contributed by atoms with Crippen molar-refractivity contribution in [3.05, 3.63) is 71.7 Å². The average Bonchev–Trinajstić information content (AvgIpc) is 3.17. The molecule has 1 aliphatic rings. The molecule has 5 heteroatoms. The van der Waals surface area contributed by atoms with Crippen LogP contribution in [0.3, 0.4) is 0 Å². The first-order valence-electron chi connectivity index (χ1n) is 9.01. The largest absolute Gasteiger partial charge is 0.441 e. The van der Waals surface area contributed by atoms with Crippen molar-refractivity contribution in [3.8, 4) is 11.3 Å². The second-order valence-electron chi connectivity index (χ2n) is 6.54. The lowest BCUT2D eigenvalue weighted by Gasteiger charge is -2.36. The summed E-state index contributed by atoms with van der Waals surface area (Å²) in [5.74, 6) is 1.65.